The summed E-state index contributed by atoms with van der Waals surface area (Å²) in [6, 6.07) is 9.97. The second-order valence-corrected chi connectivity index (χ2v) is 6.51. The summed E-state index contributed by atoms with van der Waals surface area (Å²) in [7, 11) is 1.56. The molecule has 1 heterocycles. The van der Waals surface area contributed by atoms with Crippen LogP contribution >= 0.6 is 0 Å². The summed E-state index contributed by atoms with van der Waals surface area (Å²) in [4.78, 5) is 13.9. The van der Waals surface area contributed by atoms with Gasteiger partial charge >= 0.3 is 0 Å². The van der Waals surface area contributed by atoms with Gasteiger partial charge in [0.25, 0.3) is 5.91 Å². The molecular weight excluding hydrogens is 366 g/mol. The Morgan fingerprint density at radius 3 is 2.46 bits per heavy atom. The van der Waals surface area contributed by atoms with E-state index in [4.69, 9.17) is 9.26 Å². The molecule has 3 aromatic rings. The smallest absolute Gasteiger partial charge is 0.253 e. The fourth-order valence-corrected chi connectivity index (χ4v) is 2.75. The monoisotopic (exact) mass is 386 g/mol. The van der Waals surface area contributed by atoms with E-state index in [2.05, 4.69) is 5.16 Å². The van der Waals surface area contributed by atoms with Gasteiger partial charge in [-0.2, -0.15) is 0 Å². The normalized spacial score (nSPS) is 10.8. The molecule has 3 rings (SSSR count). The Hall–Kier alpha value is -3.22. The van der Waals surface area contributed by atoms with E-state index >= 15 is 0 Å². The number of ether oxygens (including phenoxy) is 1. The Kier molecular flexibility index (Phi) is 5.73. The number of aryl methyl sites for hydroxylation is 2. The highest BCUT2D eigenvalue weighted by atomic mass is 19.1. The molecule has 0 saturated heterocycles. The average Bonchev–Trinajstić information content (AvgIpc) is 3.00. The predicted molar refractivity (Wildman–Crippen MR) is 98.9 cm³/mol. The van der Waals surface area contributed by atoms with Gasteiger partial charge < -0.3 is 14.2 Å². The van der Waals surface area contributed by atoms with E-state index < -0.39 is 11.6 Å². The Balaban J connectivity index is 1.62. The molecule has 5 nitrogen and oxygen atoms in total. The van der Waals surface area contributed by atoms with E-state index in [-0.39, 0.29) is 18.0 Å². The Morgan fingerprint density at radius 2 is 1.86 bits per heavy atom. The van der Waals surface area contributed by atoms with Crippen molar-refractivity contribution in [3.8, 4) is 5.75 Å². The van der Waals surface area contributed by atoms with Gasteiger partial charge in [-0.15, -0.1) is 0 Å². The first-order valence-electron chi connectivity index (χ1n) is 8.69. The van der Waals surface area contributed by atoms with Crippen LogP contribution in [0.5, 0.6) is 5.75 Å². The lowest BCUT2D eigenvalue weighted by atomic mass is 10.1. The molecule has 0 atom stereocenters. The minimum Gasteiger partial charge on any atom is -0.489 e. The maximum Gasteiger partial charge on any atom is 0.253 e. The zero-order valence-electron chi connectivity index (χ0n) is 15.8. The summed E-state index contributed by atoms with van der Waals surface area (Å²) in [5.41, 5.74) is 2.35. The van der Waals surface area contributed by atoms with Crippen molar-refractivity contribution in [2.45, 2.75) is 27.0 Å². The van der Waals surface area contributed by atoms with E-state index in [1.807, 2.05) is 13.8 Å². The summed E-state index contributed by atoms with van der Waals surface area (Å²) < 4.78 is 37.6. The summed E-state index contributed by atoms with van der Waals surface area (Å²) in [6.45, 7) is 4.02. The van der Waals surface area contributed by atoms with Crippen molar-refractivity contribution < 1.29 is 22.8 Å². The minimum atomic E-state index is -0.678. The van der Waals surface area contributed by atoms with Crippen LogP contribution in [-0.4, -0.2) is 23.0 Å². The molecule has 0 spiro atoms. The van der Waals surface area contributed by atoms with E-state index in [0.29, 0.717) is 23.7 Å². The van der Waals surface area contributed by atoms with Gasteiger partial charge in [-0.3, -0.25) is 4.79 Å². The van der Waals surface area contributed by atoms with Crippen molar-refractivity contribution in [1.82, 2.24) is 10.1 Å². The first-order valence-corrected chi connectivity index (χ1v) is 8.69. The number of carbonyl (C=O) groups excluding carboxylic acids is 1. The van der Waals surface area contributed by atoms with Crippen molar-refractivity contribution in [3.05, 3.63) is 82.2 Å². The van der Waals surface area contributed by atoms with Crippen LogP contribution in [0.1, 0.15) is 32.9 Å². The average molecular weight is 386 g/mol. The lowest BCUT2D eigenvalue weighted by molar-refractivity contribution is 0.0784. The van der Waals surface area contributed by atoms with Crippen molar-refractivity contribution in [1.29, 1.82) is 0 Å². The number of hydrogen-bond donors (Lipinski definition) is 0. The molecule has 0 unspecified atom stereocenters. The summed E-state index contributed by atoms with van der Waals surface area (Å²) in [5.74, 6) is -0.297. The largest absolute Gasteiger partial charge is 0.489 e. The SMILES string of the molecule is Cc1noc(C)c1COc1ccc(C(=O)N(C)Cc2ccc(F)cc2F)cc1. The molecule has 146 valence electrons. The molecule has 0 aliphatic carbocycles. The highest BCUT2D eigenvalue weighted by molar-refractivity contribution is 5.94. The Bertz CT molecular complexity index is 964. The summed E-state index contributed by atoms with van der Waals surface area (Å²) in [6.07, 6.45) is 0. The minimum absolute atomic E-state index is 0.0369. The zero-order valence-corrected chi connectivity index (χ0v) is 15.8. The van der Waals surface area contributed by atoms with Gasteiger partial charge in [0.15, 0.2) is 0 Å². The van der Waals surface area contributed by atoms with Crippen molar-refractivity contribution in [2.24, 2.45) is 0 Å². The van der Waals surface area contributed by atoms with Crippen LogP contribution in [-0.2, 0) is 13.2 Å². The van der Waals surface area contributed by atoms with Gasteiger partial charge in [0.1, 0.15) is 29.8 Å². The second kappa shape index (κ2) is 8.21. The third-order valence-corrected chi connectivity index (χ3v) is 4.43. The molecule has 0 N–H and O–H groups in total. The number of hydrogen-bond acceptors (Lipinski definition) is 4. The van der Waals surface area contributed by atoms with Gasteiger partial charge in [0.2, 0.25) is 0 Å². The van der Waals surface area contributed by atoms with Crippen LogP contribution in [0.25, 0.3) is 0 Å². The van der Waals surface area contributed by atoms with Crippen molar-refractivity contribution in [2.75, 3.05) is 7.05 Å². The lowest BCUT2D eigenvalue weighted by Crippen LogP contribution is -2.26. The fourth-order valence-electron chi connectivity index (χ4n) is 2.75. The number of aromatic nitrogens is 1. The van der Waals surface area contributed by atoms with E-state index in [1.165, 1.54) is 17.0 Å². The number of benzene rings is 2. The highest BCUT2D eigenvalue weighted by Gasteiger charge is 2.15. The van der Waals surface area contributed by atoms with Gasteiger partial charge in [-0.05, 0) is 44.2 Å². The zero-order chi connectivity index (χ0) is 20.3. The molecule has 28 heavy (non-hydrogen) atoms. The van der Waals surface area contributed by atoms with Gasteiger partial charge in [0, 0.05) is 30.8 Å². The van der Waals surface area contributed by atoms with Crippen LogP contribution in [0.15, 0.2) is 47.0 Å². The first-order chi connectivity index (χ1) is 13.3. The quantitative estimate of drug-likeness (QED) is 0.629. The first kappa shape index (κ1) is 19.5. The number of nitrogens with zero attached hydrogens (tertiary/aromatic N) is 2. The van der Waals surface area contributed by atoms with E-state index in [0.717, 1.165) is 17.3 Å². The Morgan fingerprint density at radius 1 is 1.14 bits per heavy atom. The van der Waals surface area contributed by atoms with Gasteiger partial charge in [0.05, 0.1) is 11.3 Å². The molecule has 0 saturated carbocycles. The van der Waals surface area contributed by atoms with E-state index in [9.17, 15) is 13.6 Å². The second-order valence-electron chi connectivity index (χ2n) is 6.51. The maximum atomic E-state index is 13.8. The number of carbonyl (C=O) groups is 1. The predicted octanol–water partition coefficient (Wildman–Crippen LogP) is 4.42. The van der Waals surface area contributed by atoms with Crippen molar-refractivity contribution in [3.63, 3.8) is 0 Å². The third-order valence-electron chi connectivity index (χ3n) is 4.43. The van der Waals surface area contributed by atoms with Gasteiger partial charge in [-0.25, -0.2) is 8.78 Å². The molecule has 0 fully saturated rings. The molecule has 0 bridgehead atoms. The molecule has 0 aliphatic heterocycles. The summed E-state index contributed by atoms with van der Waals surface area (Å²) in [5, 5.41) is 3.88. The van der Waals surface area contributed by atoms with Crippen molar-refractivity contribution >= 4 is 5.91 Å². The lowest BCUT2D eigenvalue weighted by Gasteiger charge is -2.18. The molecule has 1 amide bonds. The number of halogens is 2. The van der Waals surface area contributed by atoms with Crippen LogP contribution in [0.4, 0.5) is 8.78 Å². The number of amides is 1. The van der Waals surface area contributed by atoms with Crippen LogP contribution < -0.4 is 4.74 Å². The standard InChI is InChI=1S/C21H20F2N2O3/c1-13-19(14(2)28-24-13)12-27-18-8-5-15(6-9-18)21(26)25(3)11-16-4-7-17(22)10-20(16)23/h4-10H,11-12H2,1-3H3. The summed E-state index contributed by atoms with van der Waals surface area (Å²) >= 11 is 0. The van der Waals surface area contributed by atoms with Crippen LogP contribution in [0.2, 0.25) is 0 Å². The molecule has 0 aliphatic rings. The highest BCUT2D eigenvalue weighted by Crippen LogP contribution is 2.19. The molecular formula is C21H20F2N2O3. The molecule has 0 radical (unpaired) electrons. The molecule has 7 heteroatoms. The van der Waals surface area contributed by atoms with Gasteiger partial charge in [-0.1, -0.05) is 11.2 Å². The van der Waals surface area contributed by atoms with Crippen LogP contribution in [0.3, 0.4) is 0 Å². The van der Waals surface area contributed by atoms with Crippen LogP contribution in [0, 0.1) is 25.5 Å². The third kappa shape index (κ3) is 4.36. The maximum absolute atomic E-state index is 13.8. The van der Waals surface area contributed by atoms with E-state index in [1.54, 1.807) is 31.3 Å². The number of rotatable bonds is 6. The fraction of sp³-hybridized carbons (Fsp3) is 0.238. The molecule has 1 aromatic heterocycles. The Labute approximate surface area is 161 Å². The topological polar surface area (TPSA) is 55.6 Å². The molecule has 2 aromatic carbocycles.